The number of benzene rings is 1. The van der Waals surface area contributed by atoms with Crippen LogP contribution in [-0.4, -0.2) is 32.6 Å². The molecule has 3 N–H and O–H groups in total. The van der Waals surface area contributed by atoms with Gasteiger partial charge in [-0.25, -0.2) is 9.97 Å². The molecule has 0 saturated carbocycles. The summed E-state index contributed by atoms with van der Waals surface area (Å²) in [4.78, 5) is 23.1. The summed E-state index contributed by atoms with van der Waals surface area (Å²) in [6.45, 7) is -0.394. The lowest BCUT2D eigenvalue weighted by atomic mass is 10.0. The molecule has 0 amide bonds. The molecule has 176 valence electrons. The maximum Gasteiger partial charge on any atom is 0.416 e. The van der Waals surface area contributed by atoms with Crippen molar-refractivity contribution in [2.45, 2.75) is 25.3 Å². The highest BCUT2D eigenvalue weighted by atomic mass is 32.1. The molecule has 0 fully saturated rings. The van der Waals surface area contributed by atoms with Crippen LogP contribution in [-0.2, 0) is 23.7 Å². The summed E-state index contributed by atoms with van der Waals surface area (Å²) in [5.74, 6) is -0.938. The molecule has 0 aliphatic carbocycles. The van der Waals surface area contributed by atoms with Crippen molar-refractivity contribution in [3.8, 4) is 10.7 Å². The van der Waals surface area contributed by atoms with Gasteiger partial charge < -0.3 is 15.7 Å². The molecule has 1 aromatic carbocycles. The van der Waals surface area contributed by atoms with Crippen molar-refractivity contribution < 1.29 is 36.2 Å². The van der Waals surface area contributed by atoms with E-state index >= 15 is 0 Å². The molecule has 0 aliphatic heterocycles. The molecule has 0 aliphatic rings. The third-order valence-electron chi connectivity index (χ3n) is 4.12. The number of alkyl halides is 6. The number of carboxylic acids is 1. The van der Waals surface area contributed by atoms with Crippen LogP contribution in [0.2, 0.25) is 0 Å². The lowest BCUT2D eigenvalue weighted by molar-refractivity contribution is -0.143. The van der Waals surface area contributed by atoms with Gasteiger partial charge in [-0.15, -0.1) is 11.3 Å². The second-order valence-electron chi connectivity index (χ2n) is 6.64. The van der Waals surface area contributed by atoms with Crippen LogP contribution in [0.4, 0.5) is 38.1 Å². The van der Waals surface area contributed by atoms with E-state index in [1.54, 1.807) is 5.38 Å². The number of rotatable bonds is 8. The zero-order valence-corrected chi connectivity index (χ0v) is 17.3. The smallest absolute Gasteiger partial charge is 0.416 e. The highest BCUT2D eigenvalue weighted by Gasteiger charge is 2.36. The zero-order valence-electron chi connectivity index (χ0n) is 16.5. The Morgan fingerprint density at radius 2 is 1.64 bits per heavy atom. The Balaban J connectivity index is 1.88. The van der Waals surface area contributed by atoms with E-state index in [1.807, 2.05) is 0 Å². The Labute approximate surface area is 186 Å². The predicted molar refractivity (Wildman–Crippen MR) is 108 cm³/mol. The van der Waals surface area contributed by atoms with Gasteiger partial charge in [0.25, 0.3) is 0 Å². The number of anilines is 2. The predicted octanol–water partition coefficient (Wildman–Crippen LogP) is 5.14. The summed E-state index contributed by atoms with van der Waals surface area (Å²) < 4.78 is 78.4. The van der Waals surface area contributed by atoms with E-state index in [4.69, 9.17) is 5.11 Å². The SMILES string of the molecule is O=C(O)CCNc1nc(NCc2cc(C(F)(F)F)cc(C(F)(F)F)c2)cc(-c2nccs2)n1. The standard InChI is InChI=1S/C19H15F6N5O2S/c20-18(21,22)11-5-10(6-12(7-11)19(23,24)25)9-28-14-8-13(16-26-3-4-33-16)29-17(30-14)27-2-1-15(31)32/h3-8H,1-2,9H2,(H,31,32)(H2,27,28,29,30). The number of thiazole rings is 1. The van der Waals surface area contributed by atoms with Gasteiger partial charge in [-0.1, -0.05) is 0 Å². The molecule has 33 heavy (non-hydrogen) atoms. The van der Waals surface area contributed by atoms with E-state index in [0.29, 0.717) is 22.8 Å². The van der Waals surface area contributed by atoms with Gasteiger partial charge in [0.1, 0.15) is 16.5 Å². The number of nitrogens with zero attached hydrogens (tertiary/aromatic N) is 3. The zero-order chi connectivity index (χ0) is 24.2. The number of carbonyl (C=O) groups is 1. The van der Waals surface area contributed by atoms with Crippen molar-refractivity contribution in [2.75, 3.05) is 17.2 Å². The van der Waals surface area contributed by atoms with Crippen LogP contribution >= 0.6 is 11.3 Å². The summed E-state index contributed by atoms with van der Waals surface area (Å²) >= 11 is 1.24. The fraction of sp³-hybridized carbons (Fsp3) is 0.263. The van der Waals surface area contributed by atoms with Gasteiger partial charge in [-0.3, -0.25) is 4.79 Å². The first-order valence-corrected chi connectivity index (χ1v) is 10.1. The lowest BCUT2D eigenvalue weighted by Crippen LogP contribution is -2.14. The molecular formula is C19H15F6N5O2S. The van der Waals surface area contributed by atoms with Crippen LogP contribution in [0.1, 0.15) is 23.1 Å². The van der Waals surface area contributed by atoms with E-state index in [-0.39, 0.29) is 36.4 Å². The average Bonchev–Trinajstić information content (AvgIpc) is 3.25. The summed E-state index contributed by atoms with van der Waals surface area (Å²) in [7, 11) is 0. The molecule has 0 radical (unpaired) electrons. The Hall–Kier alpha value is -3.42. The van der Waals surface area contributed by atoms with Crippen LogP contribution in [0.15, 0.2) is 35.8 Å². The minimum Gasteiger partial charge on any atom is -0.481 e. The minimum atomic E-state index is -4.95. The van der Waals surface area contributed by atoms with E-state index in [9.17, 15) is 31.1 Å². The number of aromatic nitrogens is 3. The van der Waals surface area contributed by atoms with Gasteiger partial charge in [0.05, 0.1) is 17.5 Å². The number of hydrogen-bond acceptors (Lipinski definition) is 7. The monoisotopic (exact) mass is 491 g/mol. The normalized spacial score (nSPS) is 11.9. The molecule has 2 heterocycles. The summed E-state index contributed by atoms with van der Waals surface area (Å²) in [6, 6.07) is 2.73. The molecule has 2 aromatic heterocycles. The van der Waals surface area contributed by atoms with Crippen molar-refractivity contribution in [3.05, 3.63) is 52.5 Å². The first kappa shape index (κ1) is 24.2. The van der Waals surface area contributed by atoms with Crippen LogP contribution in [0.25, 0.3) is 10.7 Å². The number of nitrogens with one attached hydrogen (secondary N) is 2. The van der Waals surface area contributed by atoms with Gasteiger partial charge >= 0.3 is 18.3 Å². The molecular weight excluding hydrogens is 476 g/mol. The van der Waals surface area contributed by atoms with Crippen LogP contribution in [0.3, 0.4) is 0 Å². The van der Waals surface area contributed by atoms with Crippen molar-refractivity contribution in [3.63, 3.8) is 0 Å². The second-order valence-corrected chi connectivity index (χ2v) is 7.53. The van der Waals surface area contributed by atoms with Crippen LogP contribution in [0.5, 0.6) is 0 Å². The molecule has 3 rings (SSSR count). The maximum absolute atomic E-state index is 13.1. The Morgan fingerprint density at radius 3 is 2.18 bits per heavy atom. The first-order chi connectivity index (χ1) is 15.4. The maximum atomic E-state index is 13.1. The quantitative estimate of drug-likeness (QED) is 0.376. The van der Waals surface area contributed by atoms with E-state index in [1.165, 1.54) is 23.6 Å². The Morgan fingerprint density at radius 1 is 0.970 bits per heavy atom. The van der Waals surface area contributed by atoms with Crippen LogP contribution < -0.4 is 10.6 Å². The molecule has 0 spiro atoms. The third-order valence-corrected chi connectivity index (χ3v) is 4.92. The molecule has 0 saturated heterocycles. The van der Waals surface area contributed by atoms with Crippen LogP contribution in [0, 0.1) is 0 Å². The summed E-state index contributed by atoms with van der Waals surface area (Å²) in [6.07, 6.45) is -8.61. The Kier molecular flexibility index (Phi) is 7.05. The van der Waals surface area contributed by atoms with Gasteiger partial charge in [0.2, 0.25) is 5.95 Å². The minimum absolute atomic E-state index is 0.00132. The Bertz CT molecular complexity index is 1090. The molecule has 3 aromatic rings. The van der Waals surface area contributed by atoms with Crippen molar-refractivity contribution >= 4 is 29.1 Å². The van der Waals surface area contributed by atoms with Gasteiger partial charge in [0, 0.05) is 30.7 Å². The fourth-order valence-electron chi connectivity index (χ4n) is 2.67. The average molecular weight is 491 g/mol. The molecule has 0 unspecified atom stereocenters. The van der Waals surface area contributed by atoms with Gasteiger partial charge in [-0.05, 0) is 23.8 Å². The largest absolute Gasteiger partial charge is 0.481 e. The van der Waals surface area contributed by atoms with E-state index in [0.717, 1.165) is 0 Å². The van der Waals surface area contributed by atoms with Crippen molar-refractivity contribution in [1.82, 2.24) is 15.0 Å². The highest BCUT2D eigenvalue weighted by Crippen LogP contribution is 2.36. The first-order valence-electron chi connectivity index (χ1n) is 9.18. The lowest BCUT2D eigenvalue weighted by Gasteiger charge is -2.15. The summed E-state index contributed by atoms with van der Waals surface area (Å²) in [5.41, 5.74) is -2.76. The number of hydrogen-bond donors (Lipinski definition) is 3. The van der Waals surface area contributed by atoms with E-state index < -0.39 is 36.0 Å². The number of halogens is 6. The summed E-state index contributed by atoms with van der Waals surface area (Å²) in [5, 5.41) is 16.3. The second kappa shape index (κ2) is 9.60. The molecule has 14 heteroatoms. The third kappa shape index (κ3) is 6.78. The van der Waals surface area contributed by atoms with Crippen molar-refractivity contribution in [2.24, 2.45) is 0 Å². The fourth-order valence-corrected chi connectivity index (χ4v) is 3.27. The van der Waals surface area contributed by atoms with E-state index in [2.05, 4.69) is 25.6 Å². The van der Waals surface area contributed by atoms with Crippen molar-refractivity contribution in [1.29, 1.82) is 0 Å². The van der Waals surface area contributed by atoms with Gasteiger partial charge in [0.15, 0.2) is 0 Å². The molecule has 0 bridgehead atoms. The number of aliphatic carboxylic acids is 1. The topological polar surface area (TPSA) is 100 Å². The highest BCUT2D eigenvalue weighted by molar-refractivity contribution is 7.13. The number of carboxylic acid groups (broad SMARTS) is 1. The van der Waals surface area contributed by atoms with Gasteiger partial charge in [-0.2, -0.15) is 31.3 Å². The molecule has 7 nitrogen and oxygen atoms in total. The molecule has 0 atom stereocenters.